The summed E-state index contributed by atoms with van der Waals surface area (Å²) in [7, 11) is 0. The standard InChI is InChI=1S/C34H31N5O5/c1-21(40)44-31-28-17-27(42-19-22-7-3-2-4-8-22)13-14-29(28)39(18-23-9-5-11-25(15-23)32(35)36)30(31)34(41)43-20-24-10-6-12-26(16-24)33(37)38/h2-17H,18-20H2,1H3,(H3,35,36)(H3,37,38). The van der Waals surface area contributed by atoms with Crippen molar-refractivity contribution in [3.8, 4) is 11.5 Å². The Hall–Kier alpha value is -5.90. The van der Waals surface area contributed by atoms with Crippen molar-refractivity contribution in [2.75, 3.05) is 0 Å². The van der Waals surface area contributed by atoms with Gasteiger partial charge in [-0.3, -0.25) is 15.6 Å². The molecule has 0 saturated carbocycles. The number of amidine groups is 2. The molecule has 44 heavy (non-hydrogen) atoms. The number of hydrogen-bond donors (Lipinski definition) is 4. The molecule has 222 valence electrons. The monoisotopic (exact) mass is 589 g/mol. The Bertz CT molecular complexity index is 1880. The van der Waals surface area contributed by atoms with Crippen molar-refractivity contribution in [1.82, 2.24) is 4.57 Å². The minimum atomic E-state index is -0.722. The van der Waals surface area contributed by atoms with Gasteiger partial charge >= 0.3 is 11.9 Å². The van der Waals surface area contributed by atoms with Crippen LogP contribution in [-0.2, 0) is 29.3 Å². The van der Waals surface area contributed by atoms with Gasteiger partial charge < -0.3 is 30.2 Å². The predicted molar refractivity (Wildman–Crippen MR) is 167 cm³/mol. The van der Waals surface area contributed by atoms with Gasteiger partial charge in [-0.1, -0.05) is 66.7 Å². The lowest BCUT2D eigenvalue weighted by molar-refractivity contribution is -0.131. The highest BCUT2D eigenvalue weighted by molar-refractivity contribution is 6.03. The Morgan fingerprint density at radius 1 is 0.750 bits per heavy atom. The van der Waals surface area contributed by atoms with Gasteiger partial charge in [-0.15, -0.1) is 0 Å². The Morgan fingerprint density at radius 3 is 2.05 bits per heavy atom. The van der Waals surface area contributed by atoms with Gasteiger partial charge in [0.2, 0.25) is 0 Å². The first-order chi connectivity index (χ1) is 21.2. The number of aromatic nitrogens is 1. The van der Waals surface area contributed by atoms with Gasteiger partial charge in [0.25, 0.3) is 0 Å². The smallest absolute Gasteiger partial charge is 0.359 e. The van der Waals surface area contributed by atoms with Gasteiger partial charge in [0.15, 0.2) is 11.4 Å². The molecule has 6 N–H and O–H groups in total. The molecule has 0 fully saturated rings. The van der Waals surface area contributed by atoms with Gasteiger partial charge in [-0.2, -0.15) is 0 Å². The molecule has 5 rings (SSSR count). The second kappa shape index (κ2) is 13.0. The van der Waals surface area contributed by atoms with Crippen molar-refractivity contribution in [2.24, 2.45) is 11.5 Å². The quantitative estimate of drug-likeness (QED) is 0.0942. The van der Waals surface area contributed by atoms with E-state index in [1.165, 1.54) is 6.92 Å². The summed E-state index contributed by atoms with van der Waals surface area (Å²) < 4.78 is 19.1. The van der Waals surface area contributed by atoms with Crippen LogP contribution in [0.5, 0.6) is 11.5 Å². The van der Waals surface area contributed by atoms with Crippen molar-refractivity contribution in [3.05, 3.63) is 131 Å². The van der Waals surface area contributed by atoms with E-state index in [9.17, 15) is 9.59 Å². The molecular weight excluding hydrogens is 558 g/mol. The first-order valence-electron chi connectivity index (χ1n) is 13.7. The third-order valence-corrected chi connectivity index (χ3v) is 6.86. The van der Waals surface area contributed by atoms with E-state index < -0.39 is 11.9 Å². The molecule has 0 spiro atoms. The number of ether oxygens (including phenoxy) is 3. The molecule has 0 aliphatic heterocycles. The van der Waals surface area contributed by atoms with E-state index in [-0.39, 0.29) is 36.3 Å². The zero-order valence-electron chi connectivity index (χ0n) is 24.0. The van der Waals surface area contributed by atoms with Crippen molar-refractivity contribution in [2.45, 2.75) is 26.7 Å². The highest BCUT2D eigenvalue weighted by Crippen LogP contribution is 2.37. The summed E-state index contributed by atoms with van der Waals surface area (Å²) in [6.07, 6.45) is 0. The lowest BCUT2D eigenvalue weighted by atomic mass is 10.1. The van der Waals surface area contributed by atoms with E-state index in [2.05, 4.69) is 0 Å². The lowest BCUT2D eigenvalue weighted by Gasteiger charge is -2.13. The second-order valence-electron chi connectivity index (χ2n) is 10.1. The molecular formula is C34H31N5O5. The molecule has 10 heteroatoms. The summed E-state index contributed by atoms with van der Waals surface area (Å²) in [4.78, 5) is 26.1. The molecule has 0 saturated heterocycles. The number of nitrogen functional groups attached to an aromatic ring is 2. The van der Waals surface area contributed by atoms with Crippen molar-refractivity contribution >= 4 is 34.5 Å². The van der Waals surface area contributed by atoms with Crippen LogP contribution in [0.2, 0.25) is 0 Å². The van der Waals surface area contributed by atoms with Gasteiger partial charge in [0, 0.05) is 30.0 Å². The molecule has 4 aromatic carbocycles. The van der Waals surface area contributed by atoms with Crippen LogP contribution in [0.3, 0.4) is 0 Å². The summed E-state index contributed by atoms with van der Waals surface area (Å²) in [5.41, 5.74) is 15.4. The Labute approximate surface area is 253 Å². The van der Waals surface area contributed by atoms with E-state index in [0.29, 0.717) is 39.9 Å². The van der Waals surface area contributed by atoms with Crippen LogP contribution in [0.15, 0.2) is 97.1 Å². The minimum absolute atomic E-state index is 0.0337. The first-order valence-corrected chi connectivity index (χ1v) is 13.7. The molecule has 0 radical (unpaired) electrons. The molecule has 1 heterocycles. The maximum Gasteiger partial charge on any atom is 0.359 e. The number of carbonyl (C=O) groups is 2. The summed E-state index contributed by atoms with van der Waals surface area (Å²) in [6.45, 7) is 1.67. The number of nitrogens with zero attached hydrogens (tertiary/aromatic N) is 1. The van der Waals surface area contributed by atoms with E-state index in [1.54, 1.807) is 65.2 Å². The fraction of sp³-hybridized carbons (Fsp3) is 0.118. The van der Waals surface area contributed by atoms with Gasteiger partial charge in [0.1, 0.15) is 30.6 Å². The summed E-state index contributed by atoms with van der Waals surface area (Å²) in [6, 6.07) is 29.0. The van der Waals surface area contributed by atoms with E-state index in [1.807, 2.05) is 36.4 Å². The third kappa shape index (κ3) is 6.76. The molecule has 10 nitrogen and oxygen atoms in total. The van der Waals surface area contributed by atoms with Gasteiger partial charge in [-0.25, -0.2) is 4.79 Å². The van der Waals surface area contributed by atoms with Crippen molar-refractivity contribution < 1.29 is 23.8 Å². The van der Waals surface area contributed by atoms with Crippen LogP contribution in [0.25, 0.3) is 10.9 Å². The van der Waals surface area contributed by atoms with Crippen molar-refractivity contribution in [3.63, 3.8) is 0 Å². The maximum atomic E-state index is 13.8. The molecule has 5 aromatic rings. The Kier molecular flexibility index (Phi) is 8.71. The van der Waals surface area contributed by atoms with Crippen LogP contribution in [0, 0.1) is 10.8 Å². The number of rotatable bonds is 11. The van der Waals surface area contributed by atoms with Crippen LogP contribution in [0.1, 0.15) is 45.2 Å². The SMILES string of the molecule is CC(=O)Oc1c(C(=O)OCc2cccc(C(=N)N)c2)n(Cc2cccc(C(=N)N)c2)c2ccc(OCc3ccccc3)cc12. The topological polar surface area (TPSA) is 166 Å². The van der Waals surface area contributed by atoms with Crippen LogP contribution in [-0.4, -0.2) is 28.2 Å². The fourth-order valence-electron chi connectivity index (χ4n) is 4.81. The number of carbonyl (C=O) groups excluding carboxylic acids is 2. The lowest BCUT2D eigenvalue weighted by Crippen LogP contribution is -2.16. The molecule has 0 unspecified atom stereocenters. The maximum absolute atomic E-state index is 13.8. The normalized spacial score (nSPS) is 10.8. The second-order valence-corrected chi connectivity index (χ2v) is 10.1. The van der Waals surface area contributed by atoms with E-state index >= 15 is 0 Å². The van der Waals surface area contributed by atoms with Crippen LogP contribution >= 0.6 is 0 Å². The van der Waals surface area contributed by atoms with E-state index in [0.717, 1.165) is 11.1 Å². The zero-order chi connectivity index (χ0) is 31.2. The highest BCUT2D eigenvalue weighted by atomic mass is 16.5. The predicted octanol–water partition coefficient (Wildman–Crippen LogP) is 5.12. The minimum Gasteiger partial charge on any atom is -0.489 e. The summed E-state index contributed by atoms with van der Waals surface area (Å²) >= 11 is 0. The van der Waals surface area contributed by atoms with Crippen LogP contribution < -0.4 is 20.9 Å². The number of fused-ring (bicyclic) bond motifs is 1. The average molecular weight is 590 g/mol. The Morgan fingerprint density at radius 2 is 1.39 bits per heavy atom. The molecule has 0 aliphatic carbocycles. The number of hydrogen-bond acceptors (Lipinski definition) is 7. The molecule has 0 bridgehead atoms. The molecule has 0 atom stereocenters. The number of nitrogens with one attached hydrogen (secondary N) is 2. The van der Waals surface area contributed by atoms with Crippen LogP contribution in [0.4, 0.5) is 0 Å². The molecule has 0 aliphatic rings. The average Bonchev–Trinajstić information content (AvgIpc) is 3.30. The summed E-state index contributed by atoms with van der Waals surface area (Å²) in [5.74, 6) is -0.957. The van der Waals surface area contributed by atoms with Crippen molar-refractivity contribution in [1.29, 1.82) is 10.8 Å². The number of esters is 2. The number of nitrogens with two attached hydrogens (primary N) is 2. The van der Waals surface area contributed by atoms with E-state index in [4.69, 9.17) is 36.5 Å². The number of benzene rings is 4. The fourth-order valence-corrected chi connectivity index (χ4v) is 4.81. The zero-order valence-corrected chi connectivity index (χ0v) is 24.0. The van der Waals surface area contributed by atoms with Gasteiger partial charge in [0.05, 0.1) is 5.52 Å². The Balaban J connectivity index is 1.57. The van der Waals surface area contributed by atoms with Gasteiger partial charge in [-0.05, 0) is 47.0 Å². The first kappa shape index (κ1) is 29.6. The summed E-state index contributed by atoms with van der Waals surface area (Å²) in [5, 5.41) is 16.0. The molecule has 0 amide bonds. The third-order valence-electron chi connectivity index (χ3n) is 6.86. The largest absolute Gasteiger partial charge is 0.489 e. The highest BCUT2D eigenvalue weighted by Gasteiger charge is 2.27. The molecule has 1 aromatic heterocycles.